The molecule has 0 aromatic heterocycles. The van der Waals surface area contributed by atoms with Crippen LogP contribution < -0.4 is 5.32 Å². The van der Waals surface area contributed by atoms with Crippen LogP contribution >= 0.6 is 34.8 Å². The highest BCUT2D eigenvalue weighted by molar-refractivity contribution is 6.44. The van der Waals surface area contributed by atoms with Crippen LogP contribution in [0.4, 0.5) is 5.69 Å². The molecule has 1 nitrogen and oxygen atoms in total. The maximum Gasteiger partial charge on any atom is 0.0656 e. The largest absolute Gasteiger partial charge is 0.376 e. The molecule has 0 spiro atoms. The van der Waals surface area contributed by atoms with Gasteiger partial charge in [0.15, 0.2) is 0 Å². The Morgan fingerprint density at radius 3 is 2.35 bits per heavy atom. The van der Waals surface area contributed by atoms with Crippen LogP contribution in [0.1, 0.15) is 55.8 Å². The van der Waals surface area contributed by atoms with Gasteiger partial charge < -0.3 is 5.32 Å². The first-order valence-corrected chi connectivity index (χ1v) is 10.1. The van der Waals surface area contributed by atoms with E-state index in [1.54, 1.807) is 6.07 Å². The summed E-state index contributed by atoms with van der Waals surface area (Å²) in [5.74, 6) is 0.650. The number of benzene rings is 2. The molecule has 2 aliphatic rings. The molecule has 0 unspecified atom stereocenters. The van der Waals surface area contributed by atoms with E-state index in [2.05, 4.69) is 62.5 Å². The molecule has 2 aromatic carbocycles. The molecule has 0 fully saturated rings. The standard InChI is InChI=1S/C22H22Cl3N/c1-22(2,3)13-9-7-12(8-10-13)20-15-6-4-5-14(15)18-19(25)16(23)11-17(24)21(18)26-20/h4-5,7-11,14-15,20,26H,6H2,1-3H3/t14-,15-,20-/m0/s1. The summed E-state index contributed by atoms with van der Waals surface area (Å²) in [5, 5.41) is 5.42. The average Bonchev–Trinajstić information content (AvgIpc) is 3.07. The Morgan fingerprint density at radius 1 is 1.00 bits per heavy atom. The van der Waals surface area contributed by atoms with E-state index < -0.39 is 0 Å². The molecule has 2 aromatic rings. The highest BCUT2D eigenvalue weighted by atomic mass is 35.5. The van der Waals surface area contributed by atoms with E-state index in [9.17, 15) is 0 Å². The summed E-state index contributed by atoms with van der Waals surface area (Å²) in [4.78, 5) is 0. The first-order chi connectivity index (χ1) is 12.3. The number of fused-ring (bicyclic) bond motifs is 3. The van der Waals surface area contributed by atoms with Gasteiger partial charge in [-0.05, 0) is 34.9 Å². The van der Waals surface area contributed by atoms with E-state index in [0.29, 0.717) is 21.0 Å². The molecule has 1 heterocycles. The smallest absolute Gasteiger partial charge is 0.0656 e. The first-order valence-electron chi connectivity index (χ1n) is 8.98. The zero-order valence-corrected chi connectivity index (χ0v) is 17.4. The second-order valence-corrected chi connectivity index (χ2v) is 9.48. The van der Waals surface area contributed by atoms with E-state index in [1.165, 1.54) is 11.1 Å². The minimum Gasteiger partial charge on any atom is -0.376 e. The van der Waals surface area contributed by atoms with E-state index in [-0.39, 0.29) is 17.4 Å². The van der Waals surface area contributed by atoms with Gasteiger partial charge in [-0.2, -0.15) is 0 Å². The fourth-order valence-electron chi connectivity index (χ4n) is 4.18. The molecule has 26 heavy (non-hydrogen) atoms. The predicted molar refractivity (Wildman–Crippen MR) is 113 cm³/mol. The summed E-state index contributed by atoms with van der Waals surface area (Å²) in [6, 6.07) is 10.9. The van der Waals surface area contributed by atoms with Crippen LogP contribution in [0.15, 0.2) is 42.5 Å². The minimum atomic E-state index is 0.149. The maximum atomic E-state index is 6.55. The summed E-state index contributed by atoms with van der Waals surface area (Å²) >= 11 is 19.4. The fraction of sp³-hybridized carbons (Fsp3) is 0.364. The van der Waals surface area contributed by atoms with E-state index in [1.807, 2.05) is 0 Å². The fourth-order valence-corrected chi connectivity index (χ4v) is 4.99. The van der Waals surface area contributed by atoms with Crippen LogP contribution in [0.3, 0.4) is 0 Å². The van der Waals surface area contributed by atoms with Gasteiger partial charge in [-0.3, -0.25) is 0 Å². The summed E-state index contributed by atoms with van der Waals surface area (Å²) in [6.07, 6.45) is 5.51. The van der Waals surface area contributed by atoms with Gasteiger partial charge >= 0.3 is 0 Å². The molecule has 3 atom stereocenters. The van der Waals surface area contributed by atoms with Gasteiger partial charge in [0, 0.05) is 11.5 Å². The Kier molecular flexibility index (Phi) is 4.54. The van der Waals surface area contributed by atoms with E-state index >= 15 is 0 Å². The minimum absolute atomic E-state index is 0.149. The summed E-state index contributed by atoms with van der Waals surface area (Å²) in [7, 11) is 0. The lowest BCUT2D eigenvalue weighted by Gasteiger charge is -2.38. The van der Waals surface area contributed by atoms with E-state index in [0.717, 1.165) is 17.7 Å². The van der Waals surface area contributed by atoms with Gasteiger partial charge in [0.2, 0.25) is 0 Å². The molecule has 0 saturated heterocycles. The predicted octanol–water partition coefficient (Wildman–Crippen LogP) is 7.77. The molecule has 0 saturated carbocycles. The Balaban J connectivity index is 1.77. The highest BCUT2D eigenvalue weighted by Gasteiger charge is 2.40. The number of hydrogen-bond donors (Lipinski definition) is 1. The Labute approximate surface area is 170 Å². The number of hydrogen-bond acceptors (Lipinski definition) is 1. The molecule has 0 amide bonds. The molecular formula is C22H22Cl3N. The van der Waals surface area contributed by atoms with Crippen molar-refractivity contribution in [1.82, 2.24) is 0 Å². The summed E-state index contributed by atoms with van der Waals surface area (Å²) in [6.45, 7) is 6.71. The van der Waals surface area contributed by atoms with Crippen LogP contribution in [0.5, 0.6) is 0 Å². The maximum absolute atomic E-state index is 6.55. The molecule has 1 aliphatic carbocycles. The number of nitrogens with one attached hydrogen (secondary N) is 1. The van der Waals surface area contributed by atoms with Crippen molar-refractivity contribution in [2.45, 2.75) is 44.6 Å². The van der Waals surface area contributed by atoms with Crippen molar-refractivity contribution in [3.8, 4) is 0 Å². The quantitative estimate of drug-likeness (QED) is 0.376. The molecule has 4 heteroatoms. The Morgan fingerprint density at radius 2 is 1.69 bits per heavy atom. The second-order valence-electron chi connectivity index (χ2n) is 8.29. The lowest BCUT2D eigenvalue weighted by Crippen LogP contribution is -2.29. The van der Waals surface area contributed by atoms with Crippen molar-refractivity contribution in [1.29, 1.82) is 0 Å². The first kappa shape index (κ1) is 18.2. The number of halogens is 3. The second kappa shape index (κ2) is 6.48. The van der Waals surface area contributed by atoms with Crippen molar-refractivity contribution in [3.63, 3.8) is 0 Å². The zero-order valence-electron chi connectivity index (χ0n) is 15.1. The molecule has 0 bridgehead atoms. The third-order valence-corrected chi connectivity index (χ3v) is 6.72. The SMILES string of the molecule is CC(C)(C)c1ccc([C@@H]2Nc3c(Cl)cc(Cl)c(Cl)c3[C@H]3C=CC[C@@H]32)cc1. The normalized spacial score (nSPS) is 24.2. The third kappa shape index (κ3) is 2.95. The molecule has 136 valence electrons. The van der Waals surface area contributed by atoms with Gasteiger partial charge in [0.1, 0.15) is 0 Å². The molecule has 1 N–H and O–H groups in total. The Hall–Kier alpha value is -1.15. The van der Waals surface area contributed by atoms with E-state index in [4.69, 9.17) is 34.8 Å². The van der Waals surface area contributed by atoms with Crippen LogP contribution in [0.25, 0.3) is 0 Å². The third-order valence-electron chi connectivity index (χ3n) is 5.62. The number of anilines is 1. The molecule has 1 aliphatic heterocycles. The van der Waals surface area contributed by atoms with Crippen molar-refractivity contribution in [2.75, 3.05) is 5.32 Å². The van der Waals surface area contributed by atoms with Crippen LogP contribution in [0.2, 0.25) is 15.1 Å². The summed E-state index contributed by atoms with van der Waals surface area (Å²) in [5.41, 5.74) is 4.72. The van der Waals surface area contributed by atoms with Crippen LogP contribution in [-0.2, 0) is 5.41 Å². The number of allylic oxidation sites excluding steroid dienone is 2. The van der Waals surface area contributed by atoms with Gasteiger partial charge in [-0.25, -0.2) is 0 Å². The zero-order chi connectivity index (χ0) is 18.6. The average molecular weight is 407 g/mol. The molecule has 0 radical (unpaired) electrons. The van der Waals surface area contributed by atoms with Gasteiger partial charge in [0.25, 0.3) is 0 Å². The van der Waals surface area contributed by atoms with Crippen LogP contribution in [-0.4, -0.2) is 0 Å². The van der Waals surface area contributed by atoms with Crippen molar-refractivity contribution >= 4 is 40.5 Å². The molecular weight excluding hydrogens is 385 g/mol. The lowest BCUT2D eigenvalue weighted by molar-refractivity contribution is 0.425. The van der Waals surface area contributed by atoms with Crippen molar-refractivity contribution in [2.24, 2.45) is 5.92 Å². The van der Waals surface area contributed by atoms with Crippen LogP contribution in [0, 0.1) is 5.92 Å². The van der Waals surface area contributed by atoms with Crippen molar-refractivity contribution in [3.05, 3.63) is 74.2 Å². The topological polar surface area (TPSA) is 12.0 Å². The lowest BCUT2D eigenvalue weighted by atomic mass is 9.76. The molecule has 4 rings (SSSR count). The monoisotopic (exact) mass is 405 g/mol. The van der Waals surface area contributed by atoms with Gasteiger partial charge in [-0.1, -0.05) is 92.0 Å². The van der Waals surface area contributed by atoms with Gasteiger partial charge in [0.05, 0.1) is 26.8 Å². The van der Waals surface area contributed by atoms with Crippen molar-refractivity contribution < 1.29 is 0 Å². The number of rotatable bonds is 1. The highest BCUT2D eigenvalue weighted by Crippen LogP contribution is 2.55. The summed E-state index contributed by atoms with van der Waals surface area (Å²) < 4.78 is 0. The van der Waals surface area contributed by atoms with Gasteiger partial charge in [-0.15, -0.1) is 0 Å². The Bertz CT molecular complexity index is 878.